The highest BCUT2D eigenvalue weighted by atomic mass is 35.5. The molecule has 1 aromatic rings. The molecule has 2 nitrogen and oxygen atoms in total. The van der Waals surface area contributed by atoms with Crippen LogP contribution in [-0.2, 0) is 4.79 Å². The minimum atomic E-state index is -0.0475. The Balaban J connectivity index is 2.53. The molecule has 1 aromatic carbocycles. The first kappa shape index (κ1) is 13.8. The summed E-state index contributed by atoms with van der Waals surface area (Å²) in [6.07, 6.45) is 5.25. The third-order valence-electron chi connectivity index (χ3n) is 2.63. The predicted octanol–water partition coefficient (Wildman–Crippen LogP) is 3.66. The summed E-state index contributed by atoms with van der Waals surface area (Å²) in [7, 11) is 0. The van der Waals surface area contributed by atoms with Gasteiger partial charge in [-0.15, -0.1) is 0 Å². The second-order valence-corrected chi connectivity index (χ2v) is 4.34. The molecule has 0 atom stereocenters. The molecule has 3 heteroatoms. The topological polar surface area (TPSA) is 29.1 Å². The Bertz CT molecular complexity index is 380. The molecule has 1 amide bonds. The third-order valence-corrected chi connectivity index (χ3v) is 2.88. The van der Waals surface area contributed by atoms with Crippen molar-refractivity contribution in [2.75, 3.05) is 0 Å². The molecule has 0 fully saturated rings. The van der Waals surface area contributed by atoms with Crippen LogP contribution in [0.15, 0.2) is 30.3 Å². The van der Waals surface area contributed by atoms with Gasteiger partial charge in [0, 0.05) is 17.1 Å². The van der Waals surface area contributed by atoms with Crippen LogP contribution < -0.4 is 5.32 Å². The second-order valence-electron chi connectivity index (χ2n) is 3.91. The molecule has 0 radical (unpaired) electrons. The second kappa shape index (κ2) is 7.13. The summed E-state index contributed by atoms with van der Waals surface area (Å²) in [5.41, 5.74) is 0.967. The molecule has 0 heterocycles. The molecule has 0 aliphatic carbocycles. The van der Waals surface area contributed by atoms with E-state index in [0.717, 1.165) is 18.4 Å². The summed E-state index contributed by atoms with van der Waals surface area (Å²) in [5.74, 6) is -0.0475. The van der Waals surface area contributed by atoms with Gasteiger partial charge in [0.05, 0.1) is 0 Å². The Morgan fingerprint density at radius 2 is 1.88 bits per heavy atom. The van der Waals surface area contributed by atoms with E-state index in [1.807, 2.05) is 12.1 Å². The van der Waals surface area contributed by atoms with Crippen molar-refractivity contribution in [2.24, 2.45) is 0 Å². The van der Waals surface area contributed by atoms with Gasteiger partial charge >= 0.3 is 0 Å². The third kappa shape index (κ3) is 5.05. The minimum absolute atomic E-state index is 0.0475. The van der Waals surface area contributed by atoms with Gasteiger partial charge in [-0.1, -0.05) is 37.6 Å². The molecule has 0 saturated carbocycles. The van der Waals surface area contributed by atoms with Gasteiger partial charge in [0.15, 0.2) is 0 Å². The van der Waals surface area contributed by atoms with E-state index in [1.54, 1.807) is 24.3 Å². The van der Waals surface area contributed by atoms with E-state index in [2.05, 4.69) is 19.2 Å². The van der Waals surface area contributed by atoms with E-state index < -0.39 is 0 Å². The van der Waals surface area contributed by atoms with Gasteiger partial charge in [0.2, 0.25) is 5.91 Å². The number of nitrogens with one attached hydrogen (secondary N) is 1. The molecule has 0 aromatic heterocycles. The molecular weight excluding hydrogens is 234 g/mol. The molecule has 0 aliphatic heterocycles. The summed E-state index contributed by atoms with van der Waals surface area (Å²) in [5, 5.41) is 3.64. The SMILES string of the molecule is CCC(CC)NC(=O)C=Cc1ccc(Cl)cc1. The standard InChI is InChI=1S/C14H18ClNO/c1-3-13(4-2)16-14(17)10-7-11-5-8-12(15)9-6-11/h5-10,13H,3-4H2,1-2H3,(H,16,17). The maximum absolute atomic E-state index is 11.6. The largest absolute Gasteiger partial charge is 0.350 e. The van der Waals surface area contributed by atoms with Crippen LogP contribution in [0.3, 0.4) is 0 Å². The van der Waals surface area contributed by atoms with Crippen molar-refractivity contribution in [1.29, 1.82) is 0 Å². The zero-order chi connectivity index (χ0) is 12.7. The summed E-state index contributed by atoms with van der Waals surface area (Å²) >= 11 is 5.78. The highest BCUT2D eigenvalue weighted by Gasteiger charge is 2.04. The fourth-order valence-corrected chi connectivity index (χ4v) is 1.61. The number of carbonyl (C=O) groups is 1. The van der Waals surface area contributed by atoms with Gasteiger partial charge in [0.25, 0.3) is 0 Å². The molecule has 0 spiro atoms. The van der Waals surface area contributed by atoms with E-state index >= 15 is 0 Å². The highest BCUT2D eigenvalue weighted by Crippen LogP contribution is 2.10. The lowest BCUT2D eigenvalue weighted by molar-refractivity contribution is -0.117. The first-order chi connectivity index (χ1) is 8.15. The van der Waals surface area contributed by atoms with Crippen LogP contribution in [0.5, 0.6) is 0 Å². The lowest BCUT2D eigenvalue weighted by Gasteiger charge is -2.12. The number of amides is 1. The Hall–Kier alpha value is -1.28. The molecule has 0 bridgehead atoms. The normalized spacial score (nSPS) is 11.1. The van der Waals surface area contributed by atoms with Crippen LogP contribution in [-0.4, -0.2) is 11.9 Å². The molecule has 1 N–H and O–H groups in total. The number of hydrogen-bond donors (Lipinski definition) is 1. The van der Waals surface area contributed by atoms with Gasteiger partial charge in [-0.25, -0.2) is 0 Å². The first-order valence-electron chi connectivity index (χ1n) is 5.89. The molecule has 0 unspecified atom stereocenters. The number of rotatable bonds is 5. The highest BCUT2D eigenvalue weighted by molar-refractivity contribution is 6.30. The average molecular weight is 252 g/mol. The number of halogens is 1. The van der Waals surface area contributed by atoms with Crippen LogP contribution in [0, 0.1) is 0 Å². The predicted molar refractivity (Wildman–Crippen MR) is 73.0 cm³/mol. The summed E-state index contributed by atoms with van der Waals surface area (Å²) < 4.78 is 0. The average Bonchev–Trinajstić information content (AvgIpc) is 2.35. The van der Waals surface area contributed by atoms with E-state index in [4.69, 9.17) is 11.6 Å². The van der Waals surface area contributed by atoms with Crippen molar-refractivity contribution < 1.29 is 4.79 Å². The van der Waals surface area contributed by atoms with Gasteiger partial charge < -0.3 is 5.32 Å². The Morgan fingerprint density at radius 3 is 2.41 bits per heavy atom. The van der Waals surface area contributed by atoms with E-state index in [0.29, 0.717) is 5.02 Å². The number of hydrogen-bond acceptors (Lipinski definition) is 1. The van der Waals surface area contributed by atoms with Crippen molar-refractivity contribution in [2.45, 2.75) is 32.7 Å². The van der Waals surface area contributed by atoms with E-state index in [9.17, 15) is 4.79 Å². The summed E-state index contributed by atoms with van der Waals surface area (Å²) in [6.45, 7) is 4.13. The van der Waals surface area contributed by atoms with Crippen molar-refractivity contribution in [3.63, 3.8) is 0 Å². The molecular formula is C14H18ClNO. The van der Waals surface area contributed by atoms with E-state index in [1.165, 1.54) is 0 Å². The quantitative estimate of drug-likeness (QED) is 0.795. The summed E-state index contributed by atoms with van der Waals surface area (Å²) in [4.78, 5) is 11.6. The zero-order valence-electron chi connectivity index (χ0n) is 10.2. The van der Waals surface area contributed by atoms with Gasteiger partial charge in [-0.2, -0.15) is 0 Å². The Morgan fingerprint density at radius 1 is 1.29 bits per heavy atom. The lowest BCUT2D eigenvalue weighted by atomic mass is 10.1. The molecule has 1 rings (SSSR count). The molecule has 0 aliphatic rings. The molecule has 0 saturated heterocycles. The number of carbonyl (C=O) groups excluding carboxylic acids is 1. The van der Waals surface area contributed by atoms with E-state index in [-0.39, 0.29) is 11.9 Å². The summed E-state index contributed by atoms with van der Waals surface area (Å²) in [6, 6.07) is 7.63. The Kier molecular flexibility index (Phi) is 5.78. The molecule has 92 valence electrons. The lowest BCUT2D eigenvalue weighted by Crippen LogP contribution is -2.32. The van der Waals surface area contributed by atoms with Crippen molar-refractivity contribution >= 4 is 23.6 Å². The zero-order valence-corrected chi connectivity index (χ0v) is 11.0. The monoisotopic (exact) mass is 251 g/mol. The van der Waals surface area contributed by atoms with Gasteiger partial charge in [-0.05, 0) is 36.6 Å². The van der Waals surface area contributed by atoms with Crippen molar-refractivity contribution in [3.8, 4) is 0 Å². The maximum Gasteiger partial charge on any atom is 0.244 e. The van der Waals surface area contributed by atoms with Crippen LogP contribution in [0.4, 0.5) is 0 Å². The fourth-order valence-electron chi connectivity index (χ4n) is 1.49. The molecule has 17 heavy (non-hydrogen) atoms. The first-order valence-corrected chi connectivity index (χ1v) is 6.27. The van der Waals surface area contributed by atoms with Crippen LogP contribution in [0.2, 0.25) is 5.02 Å². The minimum Gasteiger partial charge on any atom is -0.350 e. The van der Waals surface area contributed by atoms with Crippen molar-refractivity contribution in [1.82, 2.24) is 5.32 Å². The number of benzene rings is 1. The van der Waals surface area contributed by atoms with Crippen LogP contribution in [0.25, 0.3) is 6.08 Å². The van der Waals surface area contributed by atoms with Gasteiger partial charge in [-0.3, -0.25) is 4.79 Å². The van der Waals surface area contributed by atoms with Gasteiger partial charge in [0.1, 0.15) is 0 Å². The van der Waals surface area contributed by atoms with Crippen molar-refractivity contribution in [3.05, 3.63) is 40.9 Å². The Labute approximate surface area is 108 Å². The van der Waals surface area contributed by atoms with Crippen LogP contribution >= 0.6 is 11.6 Å². The van der Waals surface area contributed by atoms with Crippen LogP contribution in [0.1, 0.15) is 32.3 Å². The smallest absolute Gasteiger partial charge is 0.244 e. The fraction of sp³-hybridized carbons (Fsp3) is 0.357. The maximum atomic E-state index is 11.6.